The van der Waals surface area contributed by atoms with Gasteiger partial charge in [0.05, 0.1) is 11.6 Å². The monoisotopic (exact) mass is 360 g/mol. The number of amides is 1. The van der Waals surface area contributed by atoms with E-state index in [1.165, 1.54) is 5.56 Å². The first kappa shape index (κ1) is 18.3. The van der Waals surface area contributed by atoms with Crippen molar-refractivity contribution in [1.29, 1.82) is 5.26 Å². The first-order valence-corrected chi connectivity index (χ1v) is 8.78. The van der Waals surface area contributed by atoms with Crippen molar-refractivity contribution in [3.63, 3.8) is 0 Å². The van der Waals surface area contributed by atoms with Gasteiger partial charge in [0.15, 0.2) is 0 Å². The highest BCUT2D eigenvalue weighted by Crippen LogP contribution is 2.21. The number of nitrogens with one attached hydrogen (secondary N) is 1. The van der Waals surface area contributed by atoms with Crippen LogP contribution >= 0.6 is 0 Å². The average molecular weight is 360 g/mol. The minimum atomic E-state index is -0.152. The van der Waals surface area contributed by atoms with Gasteiger partial charge in [-0.15, -0.1) is 0 Å². The molecule has 0 aliphatic carbocycles. The van der Waals surface area contributed by atoms with Crippen LogP contribution in [0.25, 0.3) is 11.4 Å². The van der Waals surface area contributed by atoms with E-state index < -0.39 is 0 Å². The van der Waals surface area contributed by atoms with E-state index in [0.29, 0.717) is 35.3 Å². The molecule has 6 heteroatoms. The predicted octanol–water partition coefficient (Wildman–Crippen LogP) is 4.30. The fourth-order valence-corrected chi connectivity index (χ4v) is 2.56. The van der Waals surface area contributed by atoms with Crippen LogP contribution in [-0.4, -0.2) is 16.0 Å². The Kier molecular flexibility index (Phi) is 5.62. The van der Waals surface area contributed by atoms with Crippen molar-refractivity contribution in [3.8, 4) is 17.5 Å². The number of carbonyl (C=O) groups is 1. The SMILES string of the molecule is CC(C)c1ccc(-c2noc(CCC(=O)Nc3ccc(C#N)cc3)n2)cc1. The second kappa shape index (κ2) is 8.28. The number of hydrogen-bond acceptors (Lipinski definition) is 5. The summed E-state index contributed by atoms with van der Waals surface area (Å²) in [6.07, 6.45) is 0.590. The Labute approximate surface area is 157 Å². The Morgan fingerprint density at radius 3 is 2.48 bits per heavy atom. The summed E-state index contributed by atoms with van der Waals surface area (Å²) in [4.78, 5) is 16.4. The summed E-state index contributed by atoms with van der Waals surface area (Å²) in [6.45, 7) is 4.29. The van der Waals surface area contributed by atoms with E-state index in [9.17, 15) is 4.79 Å². The zero-order chi connectivity index (χ0) is 19.2. The van der Waals surface area contributed by atoms with Gasteiger partial charge < -0.3 is 9.84 Å². The highest BCUT2D eigenvalue weighted by atomic mass is 16.5. The number of anilines is 1. The van der Waals surface area contributed by atoms with Crippen LogP contribution < -0.4 is 5.32 Å². The Morgan fingerprint density at radius 1 is 1.15 bits per heavy atom. The molecule has 2 aromatic carbocycles. The zero-order valence-corrected chi connectivity index (χ0v) is 15.3. The molecule has 0 fully saturated rings. The maximum absolute atomic E-state index is 12.1. The summed E-state index contributed by atoms with van der Waals surface area (Å²) in [5, 5.41) is 15.6. The molecule has 0 aliphatic rings. The van der Waals surface area contributed by atoms with Crippen LogP contribution in [0.4, 0.5) is 5.69 Å². The molecule has 3 aromatic rings. The summed E-state index contributed by atoms with van der Waals surface area (Å²) in [7, 11) is 0. The molecule has 6 nitrogen and oxygen atoms in total. The van der Waals surface area contributed by atoms with Crippen molar-refractivity contribution in [2.45, 2.75) is 32.6 Å². The van der Waals surface area contributed by atoms with Crippen LogP contribution in [0.3, 0.4) is 0 Å². The molecule has 3 rings (SSSR count). The molecule has 0 bridgehead atoms. The number of nitriles is 1. The van der Waals surface area contributed by atoms with Gasteiger partial charge in [-0.1, -0.05) is 43.3 Å². The Balaban J connectivity index is 1.55. The van der Waals surface area contributed by atoms with E-state index in [0.717, 1.165) is 5.56 Å². The fourth-order valence-electron chi connectivity index (χ4n) is 2.56. The molecular formula is C21H20N4O2. The quantitative estimate of drug-likeness (QED) is 0.707. The average Bonchev–Trinajstić information content (AvgIpc) is 3.16. The van der Waals surface area contributed by atoms with Gasteiger partial charge in [0, 0.05) is 24.1 Å². The van der Waals surface area contributed by atoms with Crippen molar-refractivity contribution in [3.05, 3.63) is 65.5 Å². The summed E-state index contributed by atoms with van der Waals surface area (Å²) < 4.78 is 5.25. The topological polar surface area (TPSA) is 91.8 Å². The van der Waals surface area contributed by atoms with E-state index in [4.69, 9.17) is 9.78 Å². The largest absolute Gasteiger partial charge is 0.339 e. The van der Waals surface area contributed by atoms with Crippen LogP contribution in [0.15, 0.2) is 53.1 Å². The van der Waals surface area contributed by atoms with Crippen molar-refractivity contribution < 1.29 is 9.32 Å². The third-order valence-corrected chi connectivity index (χ3v) is 4.17. The number of benzene rings is 2. The second-order valence-electron chi connectivity index (χ2n) is 6.53. The Hall–Kier alpha value is -3.46. The standard InChI is InChI=1S/C21H20N4O2/c1-14(2)16-5-7-17(8-6-16)21-24-20(27-25-21)12-11-19(26)23-18-9-3-15(13-22)4-10-18/h3-10,14H,11-12H2,1-2H3,(H,23,26). The third-order valence-electron chi connectivity index (χ3n) is 4.17. The van der Waals surface area contributed by atoms with Gasteiger partial charge in [0.1, 0.15) is 0 Å². The van der Waals surface area contributed by atoms with Crippen molar-refractivity contribution in [1.82, 2.24) is 10.1 Å². The fraction of sp³-hybridized carbons (Fsp3) is 0.238. The number of aryl methyl sites for hydroxylation is 1. The molecule has 0 atom stereocenters. The van der Waals surface area contributed by atoms with Crippen LogP contribution in [0.1, 0.15) is 43.2 Å². The molecule has 0 saturated carbocycles. The Morgan fingerprint density at radius 2 is 1.85 bits per heavy atom. The predicted molar refractivity (Wildman–Crippen MR) is 102 cm³/mol. The summed E-state index contributed by atoms with van der Waals surface area (Å²) in [6, 6.07) is 16.8. The van der Waals surface area contributed by atoms with E-state index >= 15 is 0 Å². The molecule has 27 heavy (non-hydrogen) atoms. The molecule has 0 radical (unpaired) electrons. The van der Waals surface area contributed by atoms with Crippen molar-refractivity contribution in [2.24, 2.45) is 0 Å². The lowest BCUT2D eigenvalue weighted by atomic mass is 10.0. The molecule has 1 aromatic heterocycles. The molecule has 136 valence electrons. The molecule has 0 aliphatic heterocycles. The first-order chi connectivity index (χ1) is 13.0. The third kappa shape index (κ3) is 4.79. The maximum atomic E-state index is 12.1. The maximum Gasteiger partial charge on any atom is 0.227 e. The summed E-state index contributed by atoms with van der Waals surface area (Å²) in [5.74, 6) is 1.26. The van der Waals surface area contributed by atoms with Gasteiger partial charge in [-0.3, -0.25) is 4.79 Å². The molecular weight excluding hydrogens is 340 g/mol. The lowest BCUT2D eigenvalue weighted by Crippen LogP contribution is -2.12. The molecule has 0 saturated heterocycles. The number of aromatic nitrogens is 2. The molecule has 0 spiro atoms. The van der Waals surface area contributed by atoms with Crippen LogP contribution in [-0.2, 0) is 11.2 Å². The van der Waals surface area contributed by atoms with Gasteiger partial charge in [-0.25, -0.2) is 0 Å². The van der Waals surface area contributed by atoms with E-state index in [1.54, 1.807) is 24.3 Å². The number of carbonyl (C=O) groups excluding carboxylic acids is 1. The molecule has 1 heterocycles. The van der Waals surface area contributed by atoms with Crippen LogP contribution in [0, 0.1) is 11.3 Å². The van der Waals surface area contributed by atoms with Gasteiger partial charge >= 0.3 is 0 Å². The molecule has 1 N–H and O–H groups in total. The summed E-state index contributed by atoms with van der Waals surface area (Å²) in [5.41, 5.74) is 3.33. The van der Waals surface area contributed by atoms with E-state index in [1.807, 2.05) is 18.2 Å². The lowest BCUT2D eigenvalue weighted by molar-refractivity contribution is -0.116. The molecule has 1 amide bonds. The van der Waals surface area contributed by atoms with Crippen LogP contribution in [0.5, 0.6) is 0 Å². The summed E-state index contributed by atoms with van der Waals surface area (Å²) >= 11 is 0. The minimum absolute atomic E-state index is 0.152. The van der Waals surface area contributed by atoms with Crippen molar-refractivity contribution in [2.75, 3.05) is 5.32 Å². The number of rotatable bonds is 6. The van der Waals surface area contributed by atoms with Crippen LogP contribution in [0.2, 0.25) is 0 Å². The second-order valence-corrected chi connectivity index (χ2v) is 6.53. The molecule has 0 unspecified atom stereocenters. The van der Waals surface area contributed by atoms with Crippen molar-refractivity contribution >= 4 is 11.6 Å². The highest BCUT2D eigenvalue weighted by Gasteiger charge is 2.11. The van der Waals surface area contributed by atoms with E-state index in [2.05, 4.69) is 41.4 Å². The van der Waals surface area contributed by atoms with Gasteiger partial charge in [0.25, 0.3) is 0 Å². The first-order valence-electron chi connectivity index (χ1n) is 8.78. The number of nitrogens with zero attached hydrogens (tertiary/aromatic N) is 3. The smallest absolute Gasteiger partial charge is 0.227 e. The minimum Gasteiger partial charge on any atom is -0.339 e. The van der Waals surface area contributed by atoms with Gasteiger partial charge in [-0.2, -0.15) is 10.2 Å². The number of hydrogen-bond donors (Lipinski definition) is 1. The highest BCUT2D eigenvalue weighted by molar-refractivity contribution is 5.90. The van der Waals surface area contributed by atoms with E-state index in [-0.39, 0.29) is 12.3 Å². The lowest BCUT2D eigenvalue weighted by Gasteiger charge is -2.04. The Bertz CT molecular complexity index is 951. The normalized spacial score (nSPS) is 10.6. The van der Waals surface area contributed by atoms with Gasteiger partial charge in [0.2, 0.25) is 17.6 Å². The zero-order valence-electron chi connectivity index (χ0n) is 15.3. The van der Waals surface area contributed by atoms with Gasteiger partial charge in [-0.05, 0) is 35.7 Å².